The van der Waals surface area contributed by atoms with Crippen molar-refractivity contribution >= 4 is 80.8 Å². The van der Waals surface area contributed by atoms with Crippen LogP contribution in [0.15, 0.2) is 101 Å². The van der Waals surface area contributed by atoms with Crippen molar-refractivity contribution in [1.29, 1.82) is 0 Å². The van der Waals surface area contributed by atoms with E-state index >= 15 is 0 Å². The molecule has 1 saturated heterocycles. The lowest BCUT2D eigenvalue weighted by Crippen LogP contribution is -2.66. The van der Waals surface area contributed by atoms with Gasteiger partial charge in [-0.2, -0.15) is 13.5 Å². The fourth-order valence-electron chi connectivity index (χ4n) is 4.17. The zero-order chi connectivity index (χ0) is 34.8. The lowest BCUT2D eigenvalue weighted by atomic mass is 10.0. The number of primary amides is 1. The number of nitrogen functional groups attached to an aromatic ring is 2. The Morgan fingerprint density at radius 2 is 1.55 bits per heavy atom. The van der Waals surface area contributed by atoms with E-state index in [-0.39, 0.29) is 22.5 Å². The Balaban J connectivity index is 0.000000321. The van der Waals surface area contributed by atoms with E-state index in [0.717, 1.165) is 5.69 Å². The molecule has 3 heterocycles. The van der Waals surface area contributed by atoms with Crippen LogP contribution in [0.1, 0.15) is 22.5 Å². The van der Waals surface area contributed by atoms with Crippen molar-refractivity contribution in [3.05, 3.63) is 101 Å². The average Bonchev–Trinajstić information content (AvgIpc) is 3.59. The monoisotopic (exact) mass is 730 g/mol. The van der Waals surface area contributed by atoms with E-state index in [2.05, 4.69) is 31.2 Å². The number of hydrogen-bond donors (Lipinski definition) is 7. The molecule has 20 heteroatoms. The van der Waals surface area contributed by atoms with E-state index in [1.807, 2.05) is 30.3 Å². The fourth-order valence-corrected chi connectivity index (χ4v) is 5.64. The summed E-state index contributed by atoms with van der Waals surface area (Å²) in [7, 11) is -4.71. The number of anilines is 2. The molecule has 1 aliphatic rings. The van der Waals surface area contributed by atoms with Crippen molar-refractivity contribution in [2.24, 2.45) is 16.0 Å². The first-order valence-electron chi connectivity index (χ1n) is 13.9. The molecule has 0 saturated carbocycles. The molecule has 0 bridgehead atoms. The minimum Gasteiger partial charge on any atom is -0.384 e. The predicted octanol–water partition coefficient (Wildman–Crippen LogP) is 2.53. The summed E-state index contributed by atoms with van der Waals surface area (Å²) in [5.41, 5.74) is 17.9. The van der Waals surface area contributed by atoms with Gasteiger partial charge in [-0.3, -0.25) is 18.9 Å². The van der Waals surface area contributed by atoms with Gasteiger partial charge < -0.3 is 33.2 Å². The van der Waals surface area contributed by atoms with Crippen LogP contribution in [0.4, 0.5) is 27.8 Å². The van der Waals surface area contributed by atoms with Gasteiger partial charge >= 0.3 is 16.3 Å². The molecule has 3 atom stereocenters. The number of hydrogen-bond acceptors (Lipinski definition) is 12. The number of nitrogens with zero attached hydrogens (tertiary/aromatic N) is 4. The summed E-state index contributed by atoms with van der Waals surface area (Å²) < 4.78 is 31.3. The summed E-state index contributed by atoms with van der Waals surface area (Å²) in [6.45, 7) is -0.445. The van der Waals surface area contributed by atoms with Crippen LogP contribution in [0.25, 0.3) is 0 Å². The molecule has 4 aromatic rings. The maximum atomic E-state index is 12.9. The number of benzene rings is 2. The number of azo groups is 1. The smallest absolute Gasteiger partial charge is 0.362 e. The van der Waals surface area contributed by atoms with Gasteiger partial charge in [-0.25, -0.2) is 14.1 Å². The molecule has 258 valence electrons. The molecule has 0 radical (unpaired) electrons. The molecule has 2 aromatic heterocycles. The molecule has 17 nitrogen and oxygen atoms in total. The Kier molecular flexibility index (Phi) is 13.1. The van der Waals surface area contributed by atoms with Crippen molar-refractivity contribution in [3.8, 4) is 0 Å². The third kappa shape index (κ3) is 10.4. The minimum atomic E-state index is -4.71. The van der Waals surface area contributed by atoms with Crippen molar-refractivity contribution in [2.45, 2.75) is 18.1 Å². The van der Waals surface area contributed by atoms with E-state index in [9.17, 15) is 27.6 Å². The van der Waals surface area contributed by atoms with Crippen molar-refractivity contribution < 1.29 is 32.1 Å². The van der Waals surface area contributed by atoms with Crippen LogP contribution >= 0.6 is 23.7 Å². The highest BCUT2D eigenvalue weighted by molar-refractivity contribution is 7.84. The number of β-lactam (4-membered cyclic amide) rings is 1. The number of nitrogens with two attached hydrogens (primary N) is 3. The number of nitrogens with one attached hydrogen (secondary N) is 3. The van der Waals surface area contributed by atoms with Crippen molar-refractivity contribution in [3.63, 3.8) is 0 Å². The summed E-state index contributed by atoms with van der Waals surface area (Å²) in [6, 6.07) is 19.5. The summed E-state index contributed by atoms with van der Waals surface area (Å²) in [5, 5.41) is 16.9. The number of carbonyl (C=O) groups is 4. The Morgan fingerprint density at radius 1 is 0.898 bits per heavy atom. The summed E-state index contributed by atoms with van der Waals surface area (Å²) in [6.07, 6.45) is 0. The van der Waals surface area contributed by atoms with Crippen LogP contribution in [-0.2, 0) is 24.7 Å². The molecule has 5 amide bonds. The van der Waals surface area contributed by atoms with Crippen LogP contribution in [-0.4, -0.2) is 58.6 Å². The quantitative estimate of drug-likeness (QED) is 0.0711. The van der Waals surface area contributed by atoms with Gasteiger partial charge in [0.05, 0.1) is 12.2 Å². The van der Waals surface area contributed by atoms with Gasteiger partial charge in [0.25, 0.3) is 5.91 Å². The Morgan fingerprint density at radius 3 is 2.10 bits per heavy atom. The van der Waals surface area contributed by atoms with E-state index in [0.29, 0.717) is 21.9 Å². The Labute approximate surface area is 290 Å². The minimum absolute atomic E-state index is 0. The molecule has 0 aliphatic carbocycles. The van der Waals surface area contributed by atoms with Gasteiger partial charge in [0, 0.05) is 4.88 Å². The normalized spacial score (nSPS) is 15.0. The van der Waals surface area contributed by atoms with Gasteiger partial charge in [-0.1, -0.05) is 54.6 Å². The largest absolute Gasteiger partial charge is 0.384 e. The van der Waals surface area contributed by atoms with Gasteiger partial charge in [0.15, 0.2) is 5.82 Å². The third-order valence-corrected chi connectivity index (χ3v) is 8.32. The number of halogens is 1. The van der Waals surface area contributed by atoms with Gasteiger partial charge in [-0.05, 0) is 41.3 Å². The Hall–Kier alpha value is -5.63. The van der Waals surface area contributed by atoms with Gasteiger partial charge in [0.1, 0.15) is 29.6 Å². The van der Waals surface area contributed by atoms with Crippen LogP contribution < -0.4 is 33.2 Å². The molecule has 1 aliphatic heterocycles. The zero-order valence-corrected chi connectivity index (χ0v) is 27.7. The predicted molar refractivity (Wildman–Crippen MR) is 183 cm³/mol. The molecule has 3 unspecified atom stereocenters. The van der Waals surface area contributed by atoms with E-state index in [4.69, 9.17) is 21.8 Å². The van der Waals surface area contributed by atoms with Crippen LogP contribution in [0.2, 0.25) is 0 Å². The summed E-state index contributed by atoms with van der Waals surface area (Å²) in [4.78, 5) is 53.5. The lowest BCUT2D eigenvalue weighted by Gasteiger charge is -2.36. The highest BCUT2D eigenvalue weighted by Gasteiger charge is 2.45. The molecule has 2 aromatic carbocycles. The van der Waals surface area contributed by atoms with E-state index < -0.39 is 58.7 Å². The topological polar surface area (TPSA) is 278 Å². The standard InChI is InChI=1S/C18H19N5O7S2.C11H11N5.ClH/c19-18(27)22-14(12-7-4-8-31-12)16(25)21-13(10-5-2-1-3-6-10)15(24)20-11-9-23(17(11)26)32(28,29)30;12-10-7-6-9(11(13)14-10)16-15-8-4-2-1-3-5-8;/h1-8,11,13-14H,9H2,(H,20,24)(H,21,25)(H3,19,22,27)(H,28,29,30);1-7H,(H4,12,13,14);1H/b;16-15+;. The molecular formula is C29H31ClN10O7S2. The number of carbonyl (C=O) groups excluding carboxylic acids is 4. The number of rotatable bonds is 10. The van der Waals surface area contributed by atoms with Gasteiger partial charge in [-0.15, -0.1) is 28.9 Å². The maximum absolute atomic E-state index is 12.9. The number of aromatic nitrogens is 1. The third-order valence-electron chi connectivity index (χ3n) is 6.50. The molecule has 49 heavy (non-hydrogen) atoms. The molecule has 1 fully saturated rings. The first-order chi connectivity index (χ1) is 22.8. The second-order valence-electron chi connectivity index (χ2n) is 9.89. The fraction of sp³-hybridized carbons (Fsp3) is 0.138. The maximum Gasteiger partial charge on any atom is 0.362 e. The van der Waals surface area contributed by atoms with E-state index in [1.54, 1.807) is 60.0 Å². The number of pyridine rings is 1. The molecule has 5 rings (SSSR count). The summed E-state index contributed by atoms with van der Waals surface area (Å²) in [5.74, 6) is -1.88. The van der Waals surface area contributed by atoms with E-state index in [1.165, 1.54) is 11.3 Å². The van der Waals surface area contributed by atoms with Crippen LogP contribution in [0, 0.1) is 0 Å². The molecule has 10 N–H and O–H groups in total. The highest BCUT2D eigenvalue weighted by atomic mass is 35.5. The van der Waals surface area contributed by atoms with Gasteiger partial charge in [0.2, 0.25) is 11.8 Å². The zero-order valence-electron chi connectivity index (χ0n) is 25.2. The van der Waals surface area contributed by atoms with Crippen molar-refractivity contribution in [2.75, 3.05) is 18.0 Å². The lowest BCUT2D eigenvalue weighted by molar-refractivity contribution is -0.141. The number of amides is 5. The molecule has 0 spiro atoms. The average molecular weight is 731 g/mol. The second kappa shape index (κ2) is 17.0. The van der Waals surface area contributed by atoms with Crippen LogP contribution in [0.5, 0.6) is 0 Å². The van der Waals surface area contributed by atoms with Crippen LogP contribution in [0.3, 0.4) is 0 Å². The Bertz CT molecular complexity index is 1900. The number of thiophene rings is 1. The highest BCUT2D eigenvalue weighted by Crippen LogP contribution is 2.24. The number of urea groups is 1. The SMILES string of the molecule is Cl.NC(=O)NC(C(=O)NC(C(=O)NC1CN(S(=O)(=O)O)C1=O)c1ccccc1)c1cccs1.Nc1ccc(/N=N/c2ccccc2)c(N)n1. The molecular weight excluding hydrogens is 700 g/mol. The first kappa shape index (κ1) is 37.8. The second-order valence-corrected chi connectivity index (χ2v) is 12.2. The first-order valence-corrected chi connectivity index (χ1v) is 16.1. The summed E-state index contributed by atoms with van der Waals surface area (Å²) >= 11 is 1.20. The van der Waals surface area contributed by atoms with Crippen molar-refractivity contribution in [1.82, 2.24) is 25.2 Å².